The van der Waals surface area contributed by atoms with E-state index in [9.17, 15) is 14.7 Å². The van der Waals surface area contributed by atoms with Crippen molar-refractivity contribution < 1.29 is 19.4 Å². The largest absolute Gasteiger partial charge is 0.480 e. The van der Waals surface area contributed by atoms with Gasteiger partial charge < -0.3 is 20.5 Å². The van der Waals surface area contributed by atoms with Crippen LogP contribution in [-0.4, -0.2) is 38.8 Å². The predicted octanol–water partition coefficient (Wildman–Crippen LogP) is 5.43. The molecular weight excluding hydrogens is 468 g/mol. The molecule has 3 N–H and O–H groups in total. The van der Waals surface area contributed by atoms with Gasteiger partial charge in [-0.1, -0.05) is 60.7 Å². The van der Waals surface area contributed by atoms with Crippen LogP contribution in [0.3, 0.4) is 0 Å². The van der Waals surface area contributed by atoms with Crippen LogP contribution in [0.25, 0.3) is 22.0 Å². The third kappa shape index (κ3) is 7.27. The van der Waals surface area contributed by atoms with Crippen LogP contribution in [0, 0.1) is 0 Å². The lowest BCUT2D eigenvalue weighted by molar-refractivity contribution is -0.139. The molecule has 4 aromatic rings. The summed E-state index contributed by atoms with van der Waals surface area (Å²) in [6, 6.07) is 20.8. The van der Waals surface area contributed by atoms with Gasteiger partial charge >= 0.3 is 12.1 Å². The summed E-state index contributed by atoms with van der Waals surface area (Å²) in [5.41, 5.74) is 2.75. The van der Waals surface area contributed by atoms with Crippen molar-refractivity contribution in [3.63, 3.8) is 0 Å². The van der Waals surface area contributed by atoms with Crippen LogP contribution in [0.5, 0.6) is 0 Å². The van der Waals surface area contributed by atoms with Gasteiger partial charge in [0.1, 0.15) is 17.5 Å². The van der Waals surface area contributed by atoms with Crippen molar-refractivity contribution in [2.75, 3.05) is 5.32 Å². The van der Waals surface area contributed by atoms with Gasteiger partial charge in [-0.3, -0.25) is 4.98 Å². The first-order chi connectivity index (χ1) is 17.7. The number of hydrogen-bond donors (Lipinski definition) is 3. The molecule has 1 atom stereocenters. The van der Waals surface area contributed by atoms with Crippen molar-refractivity contribution in [2.45, 2.75) is 45.4 Å². The van der Waals surface area contributed by atoms with E-state index in [1.807, 2.05) is 36.4 Å². The summed E-state index contributed by atoms with van der Waals surface area (Å²) in [6.45, 7) is 5.79. The standard InChI is InChI=1S/C29H30N4O4/c1-29(2,3)37-28(36)33-24(27(34)35)15-19-8-12-22(13-9-19)25-17-32-26(18-30-25)31-16-20-10-11-21-6-4-5-7-23(21)14-20/h4-14,17-18,24H,15-16H2,1-3H3,(H,31,32)(H,33,36)(H,34,35). The van der Waals surface area contributed by atoms with Crippen molar-refractivity contribution in [1.29, 1.82) is 0 Å². The summed E-state index contributed by atoms with van der Waals surface area (Å²) < 4.78 is 5.17. The second-order valence-electron chi connectivity index (χ2n) is 9.76. The molecule has 8 heteroatoms. The van der Waals surface area contributed by atoms with Crippen LogP contribution >= 0.6 is 0 Å². The highest BCUT2D eigenvalue weighted by Gasteiger charge is 2.24. The van der Waals surface area contributed by atoms with E-state index in [0.29, 0.717) is 18.1 Å². The summed E-state index contributed by atoms with van der Waals surface area (Å²) in [7, 11) is 0. The lowest BCUT2D eigenvalue weighted by Crippen LogP contribution is -2.44. The Hall–Kier alpha value is -4.46. The minimum Gasteiger partial charge on any atom is -0.480 e. The average molecular weight is 499 g/mol. The minimum atomic E-state index is -1.13. The van der Waals surface area contributed by atoms with E-state index in [4.69, 9.17) is 4.74 Å². The van der Waals surface area contributed by atoms with E-state index in [1.165, 1.54) is 10.8 Å². The Labute approximate surface area is 215 Å². The zero-order valence-electron chi connectivity index (χ0n) is 21.1. The number of nitrogens with one attached hydrogen (secondary N) is 2. The van der Waals surface area contributed by atoms with Gasteiger partial charge in [0.2, 0.25) is 0 Å². The van der Waals surface area contributed by atoms with Crippen LogP contribution in [0.15, 0.2) is 79.1 Å². The van der Waals surface area contributed by atoms with Gasteiger partial charge in [-0.2, -0.15) is 0 Å². The maximum atomic E-state index is 12.0. The Morgan fingerprint density at radius 2 is 1.62 bits per heavy atom. The molecule has 8 nitrogen and oxygen atoms in total. The van der Waals surface area contributed by atoms with Gasteiger partial charge in [-0.25, -0.2) is 14.6 Å². The highest BCUT2D eigenvalue weighted by Crippen LogP contribution is 2.20. The van der Waals surface area contributed by atoms with Crippen molar-refractivity contribution in [3.8, 4) is 11.3 Å². The molecule has 0 aliphatic rings. The topological polar surface area (TPSA) is 113 Å². The monoisotopic (exact) mass is 498 g/mol. The molecule has 0 bridgehead atoms. The molecule has 0 fully saturated rings. The Bertz CT molecular complexity index is 1380. The van der Waals surface area contributed by atoms with Crippen molar-refractivity contribution in [1.82, 2.24) is 15.3 Å². The molecule has 1 unspecified atom stereocenters. The molecule has 1 amide bonds. The Morgan fingerprint density at radius 1 is 0.919 bits per heavy atom. The fourth-order valence-electron chi connectivity index (χ4n) is 3.81. The minimum absolute atomic E-state index is 0.123. The summed E-state index contributed by atoms with van der Waals surface area (Å²) >= 11 is 0. The highest BCUT2D eigenvalue weighted by molar-refractivity contribution is 5.83. The number of rotatable bonds is 8. The van der Waals surface area contributed by atoms with Crippen LogP contribution in [0.2, 0.25) is 0 Å². The molecule has 37 heavy (non-hydrogen) atoms. The predicted molar refractivity (Wildman–Crippen MR) is 143 cm³/mol. The van der Waals surface area contributed by atoms with Crippen molar-refractivity contribution in [2.24, 2.45) is 0 Å². The fourth-order valence-corrected chi connectivity index (χ4v) is 3.81. The number of carbonyl (C=O) groups excluding carboxylic acids is 1. The van der Waals surface area contributed by atoms with Crippen LogP contribution in [0.1, 0.15) is 31.9 Å². The second kappa shape index (κ2) is 11.1. The molecule has 1 aromatic heterocycles. The first-order valence-electron chi connectivity index (χ1n) is 12.0. The molecule has 190 valence electrons. The maximum absolute atomic E-state index is 12.0. The number of amides is 1. The van der Waals surface area contributed by atoms with E-state index < -0.39 is 23.7 Å². The quantitative estimate of drug-likeness (QED) is 0.297. The van der Waals surface area contributed by atoms with Crippen molar-refractivity contribution >= 4 is 28.7 Å². The number of hydrogen-bond acceptors (Lipinski definition) is 6. The second-order valence-corrected chi connectivity index (χ2v) is 9.76. The van der Waals surface area contributed by atoms with Crippen molar-refractivity contribution in [3.05, 3.63) is 90.3 Å². The highest BCUT2D eigenvalue weighted by atomic mass is 16.6. The third-order valence-corrected chi connectivity index (χ3v) is 5.62. The smallest absolute Gasteiger partial charge is 0.408 e. The number of ether oxygens (including phenoxy) is 1. The van der Waals surface area contributed by atoms with Gasteiger partial charge in [0.25, 0.3) is 0 Å². The number of carboxylic acid groups (broad SMARTS) is 1. The molecule has 0 aliphatic carbocycles. The van der Waals surface area contributed by atoms with E-state index in [1.54, 1.807) is 33.2 Å². The van der Waals surface area contributed by atoms with Gasteiger partial charge in [0.15, 0.2) is 0 Å². The SMILES string of the molecule is CC(C)(C)OC(=O)NC(Cc1ccc(-c2cnc(NCc3ccc4ccccc4c3)cn2)cc1)C(=O)O. The first kappa shape index (κ1) is 25.6. The van der Waals surface area contributed by atoms with Gasteiger partial charge in [0.05, 0.1) is 18.1 Å². The van der Waals surface area contributed by atoms with E-state index >= 15 is 0 Å². The number of carbonyl (C=O) groups is 2. The van der Waals surface area contributed by atoms with E-state index in [0.717, 1.165) is 16.7 Å². The number of aromatic nitrogens is 2. The Balaban J connectivity index is 1.35. The van der Waals surface area contributed by atoms with Crippen LogP contribution in [-0.2, 0) is 22.5 Å². The lowest BCUT2D eigenvalue weighted by atomic mass is 10.0. The summed E-state index contributed by atoms with van der Waals surface area (Å²) in [6.07, 6.45) is 2.75. The number of nitrogens with zero attached hydrogens (tertiary/aromatic N) is 2. The molecule has 0 saturated heterocycles. The van der Waals surface area contributed by atoms with Crippen LogP contribution in [0.4, 0.5) is 10.6 Å². The van der Waals surface area contributed by atoms with Gasteiger partial charge in [-0.15, -0.1) is 0 Å². The number of aliphatic carboxylic acids is 1. The average Bonchev–Trinajstić information content (AvgIpc) is 2.86. The van der Waals surface area contributed by atoms with Gasteiger partial charge in [0, 0.05) is 18.5 Å². The Morgan fingerprint density at radius 3 is 2.27 bits per heavy atom. The number of fused-ring (bicyclic) bond motifs is 1. The Kier molecular flexibility index (Phi) is 7.67. The molecule has 3 aromatic carbocycles. The summed E-state index contributed by atoms with van der Waals surface area (Å²) in [4.78, 5) is 32.6. The van der Waals surface area contributed by atoms with E-state index in [-0.39, 0.29) is 6.42 Å². The van der Waals surface area contributed by atoms with Gasteiger partial charge in [-0.05, 0) is 48.7 Å². The number of alkyl carbamates (subject to hydrolysis) is 1. The zero-order chi connectivity index (χ0) is 26.4. The summed E-state index contributed by atoms with van der Waals surface area (Å²) in [5.74, 6) is -0.460. The fraction of sp³-hybridized carbons (Fsp3) is 0.241. The first-order valence-corrected chi connectivity index (χ1v) is 12.0. The summed E-state index contributed by atoms with van der Waals surface area (Å²) in [5, 5.41) is 17.6. The molecule has 4 rings (SSSR count). The maximum Gasteiger partial charge on any atom is 0.408 e. The lowest BCUT2D eigenvalue weighted by Gasteiger charge is -2.22. The zero-order valence-corrected chi connectivity index (χ0v) is 21.1. The molecular formula is C29H30N4O4. The number of carboxylic acids is 1. The number of anilines is 1. The number of benzene rings is 3. The molecule has 0 saturated carbocycles. The van der Waals surface area contributed by atoms with Crippen LogP contribution < -0.4 is 10.6 Å². The third-order valence-electron chi connectivity index (χ3n) is 5.62. The molecule has 0 aliphatic heterocycles. The molecule has 0 spiro atoms. The molecule has 1 heterocycles. The normalized spacial score (nSPS) is 12.1. The van der Waals surface area contributed by atoms with E-state index in [2.05, 4.69) is 50.9 Å². The molecule has 0 radical (unpaired) electrons.